The number of aryl methyl sites for hydroxylation is 1. The predicted molar refractivity (Wildman–Crippen MR) is 130 cm³/mol. The Hall–Kier alpha value is -2.43. The molecule has 2 N–H and O–H groups in total. The Morgan fingerprint density at radius 2 is 1.61 bits per heavy atom. The number of anilines is 2. The first-order valence-corrected chi connectivity index (χ1v) is 14.2. The molecule has 1 amide bonds. The highest BCUT2D eigenvalue weighted by Gasteiger charge is 2.32. The number of hydrogen-bond acceptors (Lipinski definition) is 5. The van der Waals surface area contributed by atoms with E-state index in [4.69, 9.17) is 0 Å². The highest BCUT2D eigenvalue weighted by molar-refractivity contribution is 7.92. The van der Waals surface area contributed by atoms with Crippen LogP contribution in [-0.2, 0) is 24.8 Å². The molecule has 10 heteroatoms. The third-order valence-corrected chi connectivity index (χ3v) is 8.31. The van der Waals surface area contributed by atoms with E-state index in [0.717, 1.165) is 17.4 Å². The minimum absolute atomic E-state index is 0.206. The smallest absolute Gasteiger partial charge is 0.243 e. The van der Waals surface area contributed by atoms with Crippen LogP contribution in [0.25, 0.3) is 0 Å². The fourth-order valence-corrected chi connectivity index (χ4v) is 5.87. The second kappa shape index (κ2) is 9.82. The molecule has 0 unspecified atom stereocenters. The Kier molecular flexibility index (Phi) is 7.50. The van der Waals surface area contributed by atoms with E-state index in [1.165, 1.54) is 4.31 Å². The summed E-state index contributed by atoms with van der Waals surface area (Å²) in [5.74, 6) is -0.211. The van der Waals surface area contributed by atoms with Crippen LogP contribution in [0.2, 0.25) is 0 Å². The number of nitrogens with zero attached hydrogens (tertiary/aromatic N) is 1. The summed E-state index contributed by atoms with van der Waals surface area (Å²) in [5.41, 5.74) is 2.70. The van der Waals surface area contributed by atoms with Gasteiger partial charge < -0.3 is 5.32 Å². The summed E-state index contributed by atoms with van der Waals surface area (Å²) in [6.07, 6.45) is 1.89. The van der Waals surface area contributed by atoms with E-state index in [9.17, 15) is 21.6 Å². The third-order valence-electron chi connectivity index (χ3n) is 5.81. The molecule has 8 nitrogen and oxygen atoms in total. The first-order chi connectivity index (χ1) is 15.4. The van der Waals surface area contributed by atoms with Gasteiger partial charge in [-0.05, 0) is 61.1 Å². The number of benzene rings is 2. The van der Waals surface area contributed by atoms with E-state index in [1.807, 2.05) is 12.1 Å². The summed E-state index contributed by atoms with van der Waals surface area (Å²) in [6, 6.07) is 12.0. The van der Waals surface area contributed by atoms with Gasteiger partial charge >= 0.3 is 0 Å². The van der Waals surface area contributed by atoms with Crippen molar-refractivity contribution in [2.45, 2.75) is 44.4 Å². The molecular formula is C23H31N3O5S2. The van der Waals surface area contributed by atoms with Crippen LogP contribution in [0.4, 0.5) is 11.4 Å². The van der Waals surface area contributed by atoms with Gasteiger partial charge in [0.05, 0.1) is 16.8 Å². The Morgan fingerprint density at radius 1 is 1.00 bits per heavy atom. The van der Waals surface area contributed by atoms with E-state index in [0.29, 0.717) is 30.1 Å². The van der Waals surface area contributed by atoms with Gasteiger partial charge in [0, 0.05) is 24.7 Å². The lowest BCUT2D eigenvalue weighted by atomic mass is 9.97. The number of sulfonamides is 2. The number of hydrogen-bond donors (Lipinski definition) is 2. The first-order valence-electron chi connectivity index (χ1n) is 10.9. The van der Waals surface area contributed by atoms with E-state index >= 15 is 0 Å². The topological polar surface area (TPSA) is 113 Å². The summed E-state index contributed by atoms with van der Waals surface area (Å²) in [6.45, 7) is 6.41. The van der Waals surface area contributed by atoms with Gasteiger partial charge in [-0.3, -0.25) is 9.52 Å². The molecule has 3 rings (SSSR count). The molecule has 2 aromatic rings. The van der Waals surface area contributed by atoms with E-state index in [-0.39, 0.29) is 29.8 Å². The van der Waals surface area contributed by atoms with Crippen LogP contribution in [0.1, 0.15) is 43.7 Å². The van der Waals surface area contributed by atoms with Crippen LogP contribution in [-0.4, -0.2) is 46.4 Å². The number of carbonyl (C=O) groups excluding carboxylic acids is 1. The summed E-state index contributed by atoms with van der Waals surface area (Å²) in [4.78, 5) is 13.0. The summed E-state index contributed by atoms with van der Waals surface area (Å²) in [5, 5.41) is 2.83. The molecule has 0 aliphatic carbocycles. The molecule has 0 spiro atoms. The van der Waals surface area contributed by atoms with Gasteiger partial charge in [0.2, 0.25) is 26.0 Å². The van der Waals surface area contributed by atoms with Gasteiger partial charge in [0.1, 0.15) is 0 Å². The minimum Gasteiger partial charge on any atom is -0.326 e. The highest BCUT2D eigenvalue weighted by atomic mass is 32.2. The molecule has 1 heterocycles. The molecule has 0 saturated carbocycles. The van der Waals surface area contributed by atoms with Crippen LogP contribution in [0.5, 0.6) is 0 Å². The standard InChI is InChI=1S/C23H31N3O5S2/c1-16(2)18-6-9-21(10-7-18)33(30,31)26-13-11-19(12-14-26)23(27)24-20-8-5-17(3)22(15-20)25-32(4,28)29/h5-10,15-16,19,25H,11-14H2,1-4H3,(H,24,27). The minimum atomic E-state index is -3.60. The van der Waals surface area contributed by atoms with Crippen LogP contribution < -0.4 is 10.0 Å². The van der Waals surface area contributed by atoms with Crippen molar-refractivity contribution in [3.8, 4) is 0 Å². The summed E-state index contributed by atoms with van der Waals surface area (Å²) in [7, 11) is -7.04. The Morgan fingerprint density at radius 3 is 2.15 bits per heavy atom. The molecule has 180 valence electrons. The van der Waals surface area contributed by atoms with Crippen LogP contribution in [0.3, 0.4) is 0 Å². The molecule has 1 saturated heterocycles. The van der Waals surface area contributed by atoms with Gasteiger partial charge in [-0.2, -0.15) is 4.31 Å². The van der Waals surface area contributed by atoms with Crippen molar-refractivity contribution in [3.63, 3.8) is 0 Å². The number of rotatable bonds is 7. The maximum Gasteiger partial charge on any atom is 0.243 e. The quantitative estimate of drug-likeness (QED) is 0.613. The average molecular weight is 494 g/mol. The average Bonchev–Trinajstić information content (AvgIpc) is 2.75. The Bertz CT molecular complexity index is 1220. The van der Waals surface area contributed by atoms with Crippen molar-refractivity contribution in [1.29, 1.82) is 0 Å². The second-order valence-corrected chi connectivity index (χ2v) is 12.5. The predicted octanol–water partition coefficient (Wildman–Crippen LogP) is 3.53. The number of amides is 1. The van der Waals surface area contributed by atoms with Crippen LogP contribution in [0.15, 0.2) is 47.4 Å². The van der Waals surface area contributed by atoms with Gasteiger partial charge in [-0.15, -0.1) is 0 Å². The molecule has 0 bridgehead atoms. The van der Waals surface area contributed by atoms with Crippen molar-refractivity contribution in [2.75, 3.05) is 29.4 Å². The van der Waals surface area contributed by atoms with Crippen molar-refractivity contribution >= 4 is 37.3 Å². The lowest BCUT2D eigenvalue weighted by molar-refractivity contribution is -0.120. The van der Waals surface area contributed by atoms with E-state index in [1.54, 1.807) is 37.3 Å². The highest BCUT2D eigenvalue weighted by Crippen LogP contribution is 2.27. The molecule has 1 fully saturated rings. The zero-order valence-electron chi connectivity index (χ0n) is 19.3. The molecule has 0 atom stereocenters. The molecular weight excluding hydrogens is 462 g/mol. The van der Waals surface area contributed by atoms with Crippen LogP contribution in [0, 0.1) is 12.8 Å². The molecule has 33 heavy (non-hydrogen) atoms. The Labute approximate surface area is 196 Å². The maximum absolute atomic E-state index is 13.0. The molecule has 1 aliphatic heterocycles. The van der Waals surface area contributed by atoms with Gasteiger partial charge in [-0.25, -0.2) is 16.8 Å². The monoisotopic (exact) mass is 493 g/mol. The SMILES string of the molecule is Cc1ccc(NC(=O)C2CCN(S(=O)(=O)c3ccc(C(C)C)cc3)CC2)cc1NS(C)(=O)=O. The van der Waals surface area contributed by atoms with Crippen molar-refractivity contribution < 1.29 is 21.6 Å². The largest absolute Gasteiger partial charge is 0.326 e. The van der Waals surface area contributed by atoms with Gasteiger partial charge in [0.25, 0.3) is 0 Å². The summed E-state index contributed by atoms with van der Waals surface area (Å²) < 4.78 is 52.9. The molecule has 1 aliphatic rings. The van der Waals surface area contributed by atoms with Crippen molar-refractivity contribution in [2.24, 2.45) is 5.92 Å². The fourth-order valence-electron chi connectivity index (χ4n) is 3.79. The summed E-state index contributed by atoms with van der Waals surface area (Å²) >= 11 is 0. The third kappa shape index (κ3) is 6.33. The lowest BCUT2D eigenvalue weighted by Crippen LogP contribution is -2.41. The van der Waals surface area contributed by atoms with E-state index < -0.39 is 20.0 Å². The maximum atomic E-state index is 13.0. The number of carbonyl (C=O) groups is 1. The van der Waals surface area contributed by atoms with Gasteiger partial charge in [-0.1, -0.05) is 32.0 Å². The molecule has 0 aromatic heterocycles. The first kappa shape index (κ1) is 25.2. The molecule has 2 aromatic carbocycles. The van der Waals surface area contributed by atoms with Crippen molar-refractivity contribution in [1.82, 2.24) is 4.31 Å². The second-order valence-electron chi connectivity index (χ2n) is 8.80. The molecule has 0 radical (unpaired) electrons. The number of piperidine rings is 1. The Balaban J connectivity index is 1.62. The van der Waals surface area contributed by atoms with Crippen LogP contribution >= 0.6 is 0 Å². The van der Waals surface area contributed by atoms with Gasteiger partial charge in [0.15, 0.2) is 0 Å². The number of nitrogens with one attached hydrogen (secondary N) is 2. The lowest BCUT2D eigenvalue weighted by Gasteiger charge is -2.30. The van der Waals surface area contributed by atoms with E-state index in [2.05, 4.69) is 23.9 Å². The normalized spacial score (nSPS) is 16.0. The zero-order valence-corrected chi connectivity index (χ0v) is 21.0. The van der Waals surface area contributed by atoms with Crippen molar-refractivity contribution in [3.05, 3.63) is 53.6 Å². The fraction of sp³-hybridized carbons (Fsp3) is 0.435. The zero-order chi connectivity index (χ0) is 24.4.